The van der Waals surface area contributed by atoms with Gasteiger partial charge in [0.25, 0.3) is 0 Å². The van der Waals surface area contributed by atoms with E-state index in [1.54, 1.807) is 0 Å². The minimum atomic E-state index is -0.815. The molecule has 5 heteroatoms. The SMILES string of the molecule is O=C(Cc1cccc(Br)c1)NCC1(C(=O)O)CC1. The fourth-order valence-electron chi connectivity index (χ4n) is 1.78. The lowest BCUT2D eigenvalue weighted by Gasteiger charge is -2.11. The largest absolute Gasteiger partial charge is 0.481 e. The summed E-state index contributed by atoms with van der Waals surface area (Å²) in [5, 5.41) is 11.7. The predicted octanol–water partition coefficient (Wildman–Crippen LogP) is 1.97. The van der Waals surface area contributed by atoms with E-state index in [0.29, 0.717) is 12.8 Å². The molecule has 0 aliphatic heterocycles. The Balaban J connectivity index is 1.84. The second kappa shape index (κ2) is 5.10. The third-order valence-electron chi connectivity index (χ3n) is 3.18. The quantitative estimate of drug-likeness (QED) is 0.873. The molecule has 0 radical (unpaired) electrons. The van der Waals surface area contributed by atoms with Crippen molar-refractivity contribution in [3.05, 3.63) is 34.3 Å². The highest BCUT2D eigenvalue weighted by Crippen LogP contribution is 2.45. The van der Waals surface area contributed by atoms with Crippen molar-refractivity contribution in [1.29, 1.82) is 0 Å². The number of hydrogen-bond acceptors (Lipinski definition) is 2. The zero-order chi connectivity index (χ0) is 13.2. The molecule has 1 amide bonds. The number of benzene rings is 1. The fourth-order valence-corrected chi connectivity index (χ4v) is 2.23. The van der Waals surface area contributed by atoms with Crippen LogP contribution < -0.4 is 5.32 Å². The molecular weight excluding hydrogens is 298 g/mol. The molecule has 18 heavy (non-hydrogen) atoms. The highest BCUT2D eigenvalue weighted by Gasteiger charge is 2.50. The number of nitrogens with one attached hydrogen (secondary N) is 1. The molecule has 0 aromatic heterocycles. The number of carboxylic acids is 1. The van der Waals surface area contributed by atoms with Crippen LogP contribution in [0.3, 0.4) is 0 Å². The third kappa shape index (κ3) is 3.10. The predicted molar refractivity (Wildman–Crippen MR) is 70.2 cm³/mol. The van der Waals surface area contributed by atoms with Crippen molar-refractivity contribution in [2.45, 2.75) is 19.3 Å². The molecule has 96 valence electrons. The molecule has 1 saturated carbocycles. The van der Waals surface area contributed by atoms with Gasteiger partial charge in [-0.15, -0.1) is 0 Å². The van der Waals surface area contributed by atoms with Gasteiger partial charge >= 0.3 is 5.97 Å². The van der Waals surface area contributed by atoms with E-state index in [1.807, 2.05) is 24.3 Å². The van der Waals surface area contributed by atoms with Gasteiger partial charge in [-0.25, -0.2) is 0 Å². The van der Waals surface area contributed by atoms with Crippen molar-refractivity contribution in [3.63, 3.8) is 0 Å². The monoisotopic (exact) mass is 311 g/mol. The van der Waals surface area contributed by atoms with Gasteiger partial charge in [0.2, 0.25) is 5.91 Å². The van der Waals surface area contributed by atoms with Crippen LogP contribution in [0.25, 0.3) is 0 Å². The third-order valence-corrected chi connectivity index (χ3v) is 3.68. The van der Waals surface area contributed by atoms with Crippen molar-refractivity contribution in [3.8, 4) is 0 Å². The molecule has 0 unspecified atom stereocenters. The first kappa shape index (κ1) is 13.1. The first-order valence-electron chi connectivity index (χ1n) is 5.76. The molecule has 1 aliphatic carbocycles. The Labute approximate surface area is 114 Å². The molecule has 0 atom stereocenters. The second-order valence-corrected chi connectivity index (χ2v) is 5.58. The molecular formula is C13H14BrNO3. The molecule has 4 nitrogen and oxygen atoms in total. The van der Waals surface area contributed by atoms with Crippen LogP contribution in [0.2, 0.25) is 0 Å². The van der Waals surface area contributed by atoms with Crippen LogP contribution in [-0.4, -0.2) is 23.5 Å². The molecule has 0 bridgehead atoms. The Morgan fingerprint density at radius 3 is 2.67 bits per heavy atom. The number of aliphatic carboxylic acids is 1. The lowest BCUT2D eigenvalue weighted by Crippen LogP contribution is -2.35. The van der Waals surface area contributed by atoms with E-state index in [1.165, 1.54) is 0 Å². The summed E-state index contributed by atoms with van der Waals surface area (Å²) < 4.78 is 0.928. The zero-order valence-corrected chi connectivity index (χ0v) is 11.4. The molecule has 1 aliphatic rings. The summed E-state index contributed by atoms with van der Waals surface area (Å²) in [6.45, 7) is 0.231. The minimum Gasteiger partial charge on any atom is -0.481 e. The van der Waals surface area contributed by atoms with E-state index < -0.39 is 11.4 Å². The second-order valence-electron chi connectivity index (χ2n) is 4.67. The minimum absolute atomic E-state index is 0.138. The van der Waals surface area contributed by atoms with E-state index in [0.717, 1.165) is 10.0 Å². The standard InChI is InChI=1S/C13H14BrNO3/c14-10-3-1-2-9(6-10)7-11(16)15-8-13(4-5-13)12(17)18/h1-3,6H,4-5,7-8H2,(H,15,16)(H,17,18). The molecule has 2 rings (SSSR count). The Bertz CT molecular complexity index is 483. The fraction of sp³-hybridized carbons (Fsp3) is 0.385. The normalized spacial score (nSPS) is 16.1. The Morgan fingerprint density at radius 1 is 1.39 bits per heavy atom. The maximum Gasteiger partial charge on any atom is 0.311 e. The highest BCUT2D eigenvalue weighted by atomic mass is 79.9. The van der Waals surface area contributed by atoms with Crippen LogP contribution in [0.5, 0.6) is 0 Å². The summed E-state index contributed by atoms with van der Waals surface area (Å²) >= 11 is 3.34. The van der Waals surface area contributed by atoms with E-state index in [-0.39, 0.29) is 18.9 Å². The van der Waals surface area contributed by atoms with Gasteiger partial charge in [0.05, 0.1) is 11.8 Å². The maximum absolute atomic E-state index is 11.7. The molecule has 0 saturated heterocycles. The summed E-state index contributed by atoms with van der Waals surface area (Å²) in [5.74, 6) is -0.953. The average Bonchev–Trinajstić information content (AvgIpc) is 3.07. The van der Waals surface area contributed by atoms with Crippen molar-refractivity contribution in [2.24, 2.45) is 5.41 Å². The van der Waals surface area contributed by atoms with Crippen LogP contribution in [-0.2, 0) is 16.0 Å². The topological polar surface area (TPSA) is 66.4 Å². The number of halogens is 1. The molecule has 0 heterocycles. The summed E-state index contributed by atoms with van der Waals surface area (Å²) in [6, 6.07) is 7.51. The summed E-state index contributed by atoms with van der Waals surface area (Å²) in [4.78, 5) is 22.6. The Morgan fingerprint density at radius 2 is 2.11 bits per heavy atom. The lowest BCUT2D eigenvalue weighted by atomic mass is 10.1. The Kier molecular flexibility index (Phi) is 3.71. The number of carbonyl (C=O) groups is 2. The smallest absolute Gasteiger partial charge is 0.311 e. The molecule has 2 N–H and O–H groups in total. The summed E-state index contributed by atoms with van der Waals surface area (Å²) in [7, 11) is 0. The van der Waals surface area contributed by atoms with Crippen molar-refractivity contribution < 1.29 is 14.7 Å². The van der Waals surface area contributed by atoms with Crippen LogP contribution in [0.1, 0.15) is 18.4 Å². The lowest BCUT2D eigenvalue weighted by molar-refractivity contribution is -0.143. The average molecular weight is 312 g/mol. The van der Waals surface area contributed by atoms with Crippen LogP contribution >= 0.6 is 15.9 Å². The molecule has 1 fully saturated rings. The van der Waals surface area contributed by atoms with Gasteiger partial charge in [-0.1, -0.05) is 28.1 Å². The highest BCUT2D eigenvalue weighted by molar-refractivity contribution is 9.10. The van der Waals surface area contributed by atoms with E-state index in [4.69, 9.17) is 5.11 Å². The van der Waals surface area contributed by atoms with Crippen molar-refractivity contribution >= 4 is 27.8 Å². The van der Waals surface area contributed by atoms with Crippen molar-refractivity contribution in [2.75, 3.05) is 6.54 Å². The van der Waals surface area contributed by atoms with Crippen LogP contribution in [0.15, 0.2) is 28.7 Å². The number of carbonyl (C=O) groups excluding carboxylic acids is 1. The number of rotatable bonds is 5. The van der Waals surface area contributed by atoms with Gasteiger partial charge in [-0.05, 0) is 30.5 Å². The zero-order valence-electron chi connectivity index (χ0n) is 9.78. The summed E-state index contributed by atoms with van der Waals surface area (Å²) in [5.41, 5.74) is 0.203. The number of carboxylic acid groups (broad SMARTS) is 1. The van der Waals surface area contributed by atoms with E-state index in [2.05, 4.69) is 21.2 Å². The van der Waals surface area contributed by atoms with E-state index >= 15 is 0 Å². The van der Waals surface area contributed by atoms with Crippen molar-refractivity contribution in [1.82, 2.24) is 5.32 Å². The number of hydrogen-bond donors (Lipinski definition) is 2. The van der Waals surface area contributed by atoms with Gasteiger partial charge in [0.1, 0.15) is 0 Å². The molecule has 1 aromatic carbocycles. The van der Waals surface area contributed by atoms with Gasteiger partial charge in [-0.3, -0.25) is 9.59 Å². The van der Waals surface area contributed by atoms with Gasteiger partial charge in [0.15, 0.2) is 0 Å². The Hall–Kier alpha value is -1.36. The molecule has 0 spiro atoms. The van der Waals surface area contributed by atoms with Crippen LogP contribution in [0.4, 0.5) is 0 Å². The van der Waals surface area contributed by atoms with Gasteiger partial charge < -0.3 is 10.4 Å². The first-order chi connectivity index (χ1) is 8.52. The number of amides is 1. The first-order valence-corrected chi connectivity index (χ1v) is 6.56. The maximum atomic E-state index is 11.7. The summed E-state index contributed by atoms with van der Waals surface area (Å²) in [6.07, 6.45) is 1.58. The molecule has 1 aromatic rings. The van der Waals surface area contributed by atoms with Crippen LogP contribution in [0, 0.1) is 5.41 Å². The van der Waals surface area contributed by atoms with E-state index in [9.17, 15) is 9.59 Å². The van der Waals surface area contributed by atoms with Gasteiger partial charge in [-0.2, -0.15) is 0 Å². The van der Waals surface area contributed by atoms with Gasteiger partial charge in [0, 0.05) is 11.0 Å².